The minimum absolute atomic E-state index is 0. The largest absolute Gasteiger partial charge is 0.512 e. The van der Waals surface area contributed by atoms with Gasteiger partial charge in [0, 0.05) is 68.9 Å². The van der Waals surface area contributed by atoms with Crippen LogP contribution >= 0.6 is 35.3 Å². The normalized spacial score (nSPS) is 12.6. The van der Waals surface area contributed by atoms with Crippen LogP contribution < -0.4 is 0 Å². The van der Waals surface area contributed by atoms with Crippen molar-refractivity contribution in [3.05, 3.63) is 81.9 Å². The van der Waals surface area contributed by atoms with E-state index in [0.29, 0.717) is 5.92 Å². The minimum Gasteiger partial charge on any atom is -0.512 e. The van der Waals surface area contributed by atoms with Gasteiger partial charge in [0.2, 0.25) is 0 Å². The van der Waals surface area contributed by atoms with Gasteiger partial charge in [-0.1, -0.05) is 105 Å². The fourth-order valence-electron chi connectivity index (χ4n) is 6.31. The SMILES string of the molecule is CCC(C)(CC)C(=O)/C=C(\O)C(C)(CC)CC.Cc1c(CC(C)C)sc2c(-c3ccnc(-c4[c-]c5ccsc5c(C(C)(C)C)c4)c3S)cccc12.[Ir]. The molecule has 0 fully saturated rings. The summed E-state index contributed by atoms with van der Waals surface area (Å²) in [5.41, 5.74) is 6.46. The molecule has 7 heteroatoms. The molecule has 3 nitrogen and oxygen atoms in total. The Kier molecular flexibility index (Phi) is 15.2. The molecule has 0 bridgehead atoms. The van der Waals surface area contributed by atoms with Gasteiger partial charge >= 0.3 is 0 Å². The number of aliphatic hydroxyl groups is 1. The van der Waals surface area contributed by atoms with Gasteiger partial charge in [0.15, 0.2) is 5.78 Å². The van der Waals surface area contributed by atoms with Crippen LogP contribution in [0.1, 0.15) is 118 Å². The summed E-state index contributed by atoms with van der Waals surface area (Å²) in [6.07, 6.45) is 7.79. The van der Waals surface area contributed by atoms with Crippen LogP contribution in [0.2, 0.25) is 0 Å². The Morgan fingerprint density at radius 3 is 2.15 bits per heavy atom. The van der Waals surface area contributed by atoms with Crippen molar-refractivity contribution in [2.75, 3.05) is 0 Å². The number of thiophene rings is 2. The van der Waals surface area contributed by atoms with E-state index in [4.69, 9.17) is 17.6 Å². The second-order valence-electron chi connectivity index (χ2n) is 15.9. The number of aromatic nitrogens is 1. The number of pyridine rings is 1. The molecule has 283 valence electrons. The topological polar surface area (TPSA) is 50.2 Å². The summed E-state index contributed by atoms with van der Waals surface area (Å²) in [5.74, 6) is 0.927. The van der Waals surface area contributed by atoms with Crippen molar-refractivity contribution in [2.24, 2.45) is 16.7 Å². The number of nitrogens with zero attached hydrogens (tertiary/aromatic N) is 1. The number of fused-ring (bicyclic) bond motifs is 2. The molecule has 1 N–H and O–H groups in total. The molecule has 0 amide bonds. The molecule has 3 aromatic heterocycles. The molecule has 2 aromatic carbocycles. The van der Waals surface area contributed by atoms with Crippen LogP contribution in [0, 0.1) is 29.7 Å². The van der Waals surface area contributed by atoms with Crippen molar-refractivity contribution in [2.45, 2.75) is 125 Å². The fourth-order valence-corrected chi connectivity index (χ4v) is 9.31. The second-order valence-corrected chi connectivity index (χ2v) is 18.4. The number of hydrogen-bond donors (Lipinski definition) is 2. The van der Waals surface area contributed by atoms with E-state index in [-0.39, 0.29) is 47.9 Å². The molecular formula is C45H58IrNO2S3-. The average Bonchev–Trinajstić information content (AvgIpc) is 3.70. The summed E-state index contributed by atoms with van der Waals surface area (Å²) >= 11 is 8.78. The third kappa shape index (κ3) is 9.32. The Morgan fingerprint density at radius 2 is 1.58 bits per heavy atom. The molecule has 1 radical (unpaired) electrons. The van der Waals surface area contributed by atoms with Gasteiger partial charge in [-0.25, -0.2) is 0 Å². The van der Waals surface area contributed by atoms with E-state index in [2.05, 4.69) is 89.4 Å². The molecule has 0 aliphatic rings. The van der Waals surface area contributed by atoms with E-state index in [1.165, 1.54) is 42.4 Å². The summed E-state index contributed by atoms with van der Waals surface area (Å²) in [4.78, 5) is 19.4. The maximum Gasteiger partial charge on any atom is 0.164 e. The summed E-state index contributed by atoms with van der Waals surface area (Å²) in [7, 11) is 0. The van der Waals surface area contributed by atoms with Crippen molar-refractivity contribution in [3.63, 3.8) is 0 Å². The Labute approximate surface area is 340 Å². The molecule has 5 rings (SSSR count). The summed E-state index contributed by atoms with van der Waals surface area (Å²) in [6, 6.07) is 16.8. The van der Waals surface area contributed by atoms with E-state index in [0.717, 1.165) is 59.2 Å². The number of carbonyl (C=O) groups excluding carboxylic acids is 1. The third-order valence-corrected chi connectivity index (χ3v) is 13.8. The molecule has 0 aliphatic carbocycles. The van der Waals surface area contributed by atoms with Gasteiger partial charge in [-0.3, -0.25) is 9.78 Å². The van der Waals surface area contributed by atoms with Crippen LogP contribution in [-0.4, -0.2) is 15.9 Å². The standard InChI is InChI=1S/C30H30NS3.C15H28O2.Ir/c1-17(2)14-25-18(3)21-8-7-9-23(29(21)34-25)22-10-12-31-26(27(22)32)20-15-19-11-13-33-28(19)24(16-20)30(4,5)6;1-7-14(5,8-2)12(16)11-13(17)15(6,9-3)10-4;/h7-13,16-17,32H,14H2,1-6H3;11,16H,7-10H2,1-6H3;/q-1;;/b;12-11-;. The molecule has 0 spiro atoms. The van der Waals surface area contributed by atoms with Crippen LogP contribution in [-0.2, 0) is 36.7 Å². The van der Waals surface area contributed by atoms with Gasteiger partial charge < -0.3 is 5.11 Å². The number of aliphatic hydroxyl groups excluding tert-OH is 1. The number of ketones is 1. The van der Waals surface area contributed by atoms with Gasteiger partial charge in [-0.2, -0.15) is 11.3 Å². The number of rotatable bonds is 11. The molecule has 0 aliphatic heterocycles. The first-order chi connectivity index (χ1) is 23.9. The van der Waals surface area contributed by atoms with Crippen molar-refractivity contribution in [1.82, 2.24) is 4.98 Å². The van der Waals surface area contributed by atoms with Crippen molar-refractivity contribution >= 4 is 61.3 Å². The number of hydrogen-bond acceptors (Lipinski definition) is 6. The zero-order valence-corrected chi connectivity index (χ0v) is 38.1. The molecule has 5 aromatic rings. The average molecular weight is 933 g/mol. The number of benzene rings is 2. The van der Waals surface area contributed by atoms with E-state index >= 15 is 0 Å². The van der Waals surface area contributed by atoms with Crippen LogP contribution in [0.3, 0.4) is 0 Å². The Hall–Kier alpha value is -2.28. The number of thiol groups is 1. The second kappa shape index (κ2) is 17.9. The van der Waals surface area contributed by atoms with Crippen molar-refractivity contribution in [3.8, 4) is 22.4 Å². The predicted molar refractivity (Wildman–Crippen MR) is 227 cm³/mol. The quantitative estimate of drug-likeness (QED) is 0.0600. The van der Waals surface area contributed by atoms with E-state index in [1.807, 2.05) is 59.1 Å². The molecule has 52 heavy (non-hydrogen) atoms. The summed E-state index contributed by atoms with van der Waals surface area (Å²) in [5, 5.41) is 14.8. The predicted octanol–water partition coefficient (Wildman–Crippen LogP) is 14.4. The molecule has 0 saturated carbocycles. The van der Waals surface area contributed by atoms with Crippen molar-refractivity contribution in [1.29, 1.82) is 0 Å². The molecule has 3 heterocycles. The number of allylic oxidation sites excluding steroid dienone is 2. The first kappa shape index (κ1) is 44.1. The van der Waals surface area contributed by atoms with Gasteiger partial charge in [0.25, 0.3) is 0 Å². The van der Waals surface area contributed by atoms with E-state index in [9.17, 15) is 9.90 Å². The zero-order valence-electron chi connectivity index (χ0n) is 33.2. The Balaban J connectivity index is 0.000000347. The van der Waals surface area contributed by atoms with Crippen LogP contribution in [0.5, 0.6) is 0 Å². The van der Waals surface area contributed by atoms with E-state index in [1.54, 1.807) is 11.3 Å². The first-order valence-electron chi connectivity index (χ1n) is 18.5. The third-order valence-electron chi connectivity index (χ3n) is 11.0. The van der Waals surface area contributed by atoms with Gasteiger partial charge in [-0.15, -0.1) is 47.6 Å². The summed E-state index contributed by atoms with van der Waals surface area (Å²) in [6.45, 7) is 25.7. The number of carbonyl (C=O) groups is 1. The zero-order chi connectivity index (χ0) is 37.9. The molecule has 0 saturated heterocycles. The van der Waals surface area contributed by atoms with Gasteiger partial charge in [0.05, 0.1) is 0 Å². The van der Waals surface area contributed by atoms with Crippen LogP contribution in [0.15, 0.2) is 64.7 Å². The van der Waals surface area contributed by atoms with Crippen LogP contribution in [0.4, 0.5) is 0 Å². The van der Waals surface area contributed by atoms with Crippen molar-refractivity contribution < 1.29 is 30.0 Å². The van der Waals surface area contributed by atoms with Crippen LogP contribution in [0.25, 0.3) is 42.6 Å². The Morgan fingerprint density at radius 1 is 0.942 bits per heavy atom. The smallest absolute Gasteiger partial charge is 0.164 e. The van der Waals surface area contributed by atoms with Gasteiger partial charge in [-0.05, 0) is 83.0 Å². The summed E-state index contributed by atoms with van der Waals surface area (Å²) < 4.78 is 2.65. The molecule has 0 atom stereocenters. The number of aryl methyl sites for hydroxylation is 1. The fraction of sp³-hybridized carbons (Fsp3) is 0.467. The molecule has 0 unspecified atom stereocenters. The van der Waals surface area contributed by atoms with Gasteiger partial charge in [0.1, 0.15) is 5.76 Å². The maximum atomic E-state index is 12.2. The minimum atomic E-state index is -0.337. The monoisotopic (exact) mass is 933 g/mol. The maximum absolute atomic E-state index is 12.2. The van der Waals surface area contributed by atoms with E-state index < -0.39 is 0 Å². The first-order valence-corrected chi connectivity index (χ1v) is 20.7. The Bertz CT molecular complexity index is 2020. The molecular weight excluding hydrogens is 875 g/mol.